The van der Waals surface area contributed by atoms with E-state index in [0.717, 1.165) is 11.1 Å². The first-order chi connectivity index (χ1) is 8.95. The molecule has 0 bridgehead atoms. The highest BCUT2D eigenvalue weighted by Crippen LogP contribution is 2.24. The summed E-state index contributed by atoms with van der Waals surface area (Å²) in [5, 5.41) is 0. The molecule has 1 aromatic carbocycles. The van der Waals surface area contributed by atoms with E-state index in [1.54, 1.807) is 31.6 Å². The lowest BCUT2D eigenvalue weighted by Crippen LogP contribution is -2.27. The number of hydrazine groups is 1. The van der Waals surface area contributed by atoms with Gasteiger partial charge in [-0.25, -0.2) is 5.84 Å². The van der Waals surface area contributed by atoms with E-state index in [4.69, 9.17) is 16.3 Å². The van der Waals surface area contributed by atoms with Gasteiger partial charge in [-0.1, -0.05) is 5.59 Å². The molecule has 104 valence electrons. The largest absolute Gasteiger partial charge is 0.492 e. The first-order valence-corrected chi connectivity index (χ1v) is 5.64. The van der Waals surface area contributed by atoms with E-state index in [0.29, 0.717) is 11.3 Å². The minimum Gasteiger partial charge on any atom is -0.492 e. The van der Waals surface area contributed by atoms with Crippen molar-refractivity contribution in [2.75, 3.05) is 6.61 Å². The number of carbonyl (C=O) groups is 2. The number of carbonyl (C=O) groups excluding carboxylic acids is 2. The van der Waals surface area contributed by atoms with Gasteiger partial charge in [0.25, 0.3) is 0 Å². The second-order valence-electron chi connectivity index (χ2n) is 3.99. The predicted molar refractivity (Wildman–Crippen MR) is 68.0 cm³/mol. The number of aryl methyl sites for hydroxylation is 2. The van der Waals surface area contributed by atoms with Crippen LogP contribution < -0.4 is 21.9 Å². The Morgan fingerprint density at radius 1 is 1.26 bits per heavy atom. The van der Waals surface area contributed by atoms with Crippen molar-refractivity contribution in [3.63, 3.8) is 0 Å². The second kappa shape index (κ2) is 6.72. The number of nitrogens with two attached hydrogens (primary N) is 2. The van der Waals surface area contributed by atoms with E-state index in [9.17, 15) is 9.59 Å². The van der Waals surface area contributed by atoms with Gasteiger partial charge in [-0.05, 0) is 37.1 Å². The predicted octanol–water partition coefficient (Wildman–Crippen LogP) is 0.0927. The molecule has 0 spiro atoms. The number of amides is 1. The molecule has 0 aromatic heterocycles. The second-order valence-corrected chi connectivity index (χ2v) is 3.99. The Balaban J connectivity index is 2.69. The van der Waals surface area contributed by atoms with E-state index >= 15 is 0 Å². The van der Waals surface area contributed by atoms with Gasteiger partial charge >= 0.3 is 5.97 Å². The Kier molecular flexibility index (Phi) is 5.28. The van der Waals surface area contributed by atoms with Gasteiger partial charge in [-0.2, -0.15) is 0 Å². The summed E-state index contributed by atoms with van der Waals surface area (Å²) in [5.74, 6) is 4.44. The molecule has 0 aliphatic heterocycles. The highest BCUT2D eigenvalue weighted by Gasteiger charge is 2.10. The van der Waals surface area contributed by atoms with Gasteiger partial charge in [-0.3, -0.25) is 9.59 Å². The lowest BCUT2D eigenvalue weighted by Gasteiger charge is -2.12. The van der Waals surface area contributed by atoms with Crippen molar-refractivity contribution in [3.05, 3.63) is 28.8 Å². The molecule has 0 aliphatic carbocycles. The number of nitrogens with one attached hydrogen (secondary N) is 1. The molecule has 5 N–H and O–H groups in total. The normalized spacial score (nSPS) is 10.1. The van der Waals surface area contributed by atoms with Crippen LogP contribution in [0.3, 0.4) is 0 Å². The molecule has 1 amide bonds. The Morgan fingerprint density at radius 3 is 2.32 bits per heavy atom. The summed E-state index contributed by atoms with van der Waals surface area (Å²) >= 11 is 0. The zero-order chi connectivity index (χ0) is 14.4. The van der Waals surface area contributed by atoms with E-state index < -0.39 is 11.9 Å². The summed E-state index contributed by atoms with van der Waals surface area (Å²) in [4.78, 5) is 26.5. The van der Waals surface area contributed by atoms with E-state index in [2.05, 4.69) is 4.84 Å². The molecule has 0 saturated heterocycles. The van der Waals surface area contributed by atoms with Gasteiger partial charge in [0.1, 0.15) is 5.75 Å². The third-order valence-electron chi connectivity index (χ3n) is 2.47. The van der Waals surface area contributed by atoms with Crippen molar-refractivity contribution in [3.8, 4) is 5.75 Å². The summed E-state index contributed by atoms with van der Waals surface area (Å²) in [5.41, 5.74) is 9.00. The summed E-state index contributed by atoms with van der Waals surface area (Å²) < 4.78 is 5.50. The molecule has 7 heteroatoms. The van der Waals surface area contributed by atoms with Crippen LogP contribution in [0.4, 0.5) is 0 Å². The molecule has 7 nitrogen and oxygen atoms in total. The standard InChI is InChI=1S/C12H17N3O4/c1-7-5-9(12(13)17)6-8(2)11(7)18-4-3-10(16)19-15-14/h5-6,15H,3-4,14H2,1-2H3,(H2,13,17). The van der Waals surface area contributed by atoms with Gasteiger partial charge in [0.05, 0.1) is 13.0 Å². The van der Waals surface area contributed by atoms with Crippen LogP contribution in [0.5, 0.6) is 5.75 Å². The molecule has 0 unspecified atom stereocenters. The zero-order valence-corrected chi connectivity index (χ0v) is 10.9. The fourth-order valence-electron chi connectivity index (χ4n) is 1.67. The Labute approximate surface area is 110 Å². The average Bonchev–Trinajstić information content (AvgIpc) is 2.32. The first-order valence-electron chi connectivity index (χ1n) is 5.64. The molecule has 0 radical (unpaired) electrons. The molecule has 1 aromatic rings. The van der Waals surface area contributed by atoms with E-state index in [1.165, 1.54) is 0 Å². The van der Waals surface area contributed by atoms with Crippen molar-refractivity contribution < 1.29 is 19.2 Å². The maximum Gasteiger partial charge on any atom is 0.329 e. The number of hydrogen-bond donors (Lipinski definition) is 3. The van der Waals surface area contributed by atoms with Gasteiger partial charge in [0.15, 0.2) is 0 Å². The molecule has 0 heterocycles. The maximum absolute atomic E-state index is 11.1. The van der Waals surface area contributed by atoms with E-state index in [-0.39, 0.29) is 13.0 Å². The van der Waals surface area contributed by atoms with Crippen LogP contribution in [-0.4, -0.2) is 18.5 Å². The van der Waals surface area contributed by atoms with Crippen LogP contribution >= 0.6 is 0 Å². The number of ether oxygens (including phenoxy) is 1. The molecule has 19 heavy (non-hydrogen) atoms. The summed E-state index contributed by atoms with van der Waals surface area (Å²) in [7, 11) is 0. The number of rotatable bonds is 6. The molecule has 0 atom stereocenters. The first kappa shape index (κ1) is 14.9. The smallest absolute Gasteiger partial charge is 0.329 e. The van der Waals surface area contributed by atoms with Crippen LogP contribution in [0.15, 0.2) is 12.1 Å². The number of hydrogen-bond acceptors (Lipinski definition) is 6. The average molecular weight is 267 g/mol. The number of primary amides is 1. The van der Waals surface area contributed by atoms with Crippen LogP contribution in [0, 0.1) is 13.8 Å². The van der Waals surface area contributed by atoms with E-state index in [1.807, 2.05) is 0 Å². The fraction of sp³-hybridized carbons (Fsp3) is 0.333. The minimum absolute atomic E-state index is 0.0562. The molecular formula is C12H17N3O4. The SMILES string of the molecule is Cc1cc(C(N)=O)cc(C)c1OCCC(=O)ONN. The van der Waals surface area contributed by atoms with Gasteiger partial charge in [0.2, 0.25) is 5.91 Å². The topological polar surface area (TPSA) is 117 Å². The third kappa shape index (κ3) is 4.23. The highest BCUT2D eigenvalue weighted by atomic mass is 16.7. The van der Waals surface area contributed by atoms with Crippen LogP contribution in [0.1, 0.15) is 27.9 Å². The Hall–Kier alpha value is -2.12. The molecule has 0 fully saturated rings. The molecule has 0 aliphatic rings. The quantitative estimate of drug-likeness (QED) is 0.497. The van der Waals surface area contributed by atoms with Crippen molar-refractivity contribution in [2.24, 2.45) is 11.6 Å². The summed E-state index contributed by atoms with van der Waals surface area (Å²) in [6, 6.07) is 3.29. The lowest BCUT2D eigenvalue weighted by molar-refractivity contribution is -0.151. The van der Waals surface area contributed by atoms with Crippen molar-refractivity contribution in [2.45, 2.75) is 20.3 Å². The van der Waals surface area contributed by atoms with Crippen LogP contribution in [0.25, 0.3) is 0 Å². The number of benzene rings is 1. The van der Waals surface area contributed by atoms with Crippen LogP contribution in [-0.2, 0) is 9.63 Å². The molecule has 1 rings (SSSR count). The van der Waals surface area contributed by atoms with Crippen molar-refractivity contribution in [1.82, 2.24) is 5.59 Å². The minimum atomic E-state index is -0.522. The maximum atomic E-state index is 11.1. The van der Waals surface area contributed by atoms with Crippen molar-refractivity contribution in [1.29, 1.82) is 0 Å². The molecule has 0 saturated carbocycles. The van der Waals surface area contributed by atoms with Gasteiger partial charge in [0, 0.05) is 5.56 Å². The Morgan fingerprint density at radius 2 is 1.84 bits per heavy atom. The zero-order valence-electron chi connectivity index (χ0n) is 10.9. The monoisotopic (exact) mass is 267 g/mol. The van der Waals surface area contributed by atoms with Crippen molar-refractivity contribution >= 4 is 11.9 Å². The lowest BCUT2D eigenvalue weighted by atomic mass is 10.1. The van der Waals surface area contributed by atoms with Crippen LogP contribution in [0.2, 0.25) is 0 Å². The Bertz CT molecular complexity index is 465. The summed E-state index contributed by atoms with van der Waals surface area (Å²) in [6.07, 6.45) is 0.0562. The van der Waals surface area contributed by atoms with Gasteiger partial charge in [-0.15, -0.1) is 0 Å². The van der Waals surface area contributed by atoms with Gasteiger partial charge < -0.3 is 15.3 Å². The third-order valence-corrected chi connectivity index (χ3v) is 2.47. The highest BCUT2D eigenvalue weighted by molar-refractivity contribution is 5.93. The fourth-order valence-corrected chi connectivity index (χ4v) is 1.67. The summed E-state index contributed by atoms with van der Waals surface area (Å²) in [6.45, 7) is 3.75. The molecular weight excluding hydrogens is 250 g/mol.